The topological polar surface area (TPSA) is 106 Å². The maximum absolute atomic E-state index is 11.3. The Morgan fingerprint density at radius 3 is 2.42 bits per heavy atom. The first-order valence-electron chi connectivity index (χ1n) is 7.85. The van der Waals surface area contributed by atoms with Crippen molar-refractivity contribution >= 4 is 11.7 Å². The molecule has 3 rings (SSSR count). The SMILES string of the molecule is Cc1nc(-c2ccccc2)nc(-c2cccc([N+](=O)[O-])c2)c1CC(=O)O. The lowest BCUT2D eigenvalue weighted by atomic mass is 10.0. The molecular formula is C19H15N3O4. The van der Waals surface area contributed by atoms with Crippen LogP contribution < -0.4 is 0 Å². The van der Waals surface area contributed by atoms with Gasteiger partial charge in [0, 0.05) is 34.5 Å². The lowest BCUT2D eigenvalue weighted by Crippen LogP contribution is -2.08. The van der Waals surface area contributed by atoms with Crippen molar-refractivity contribution in [2.24, 2.45) is 0 Å². The molecule has 7 nitrogen and oxygen atoms in total. The number of aliphatic carboxylic acids is 1. The summed E-state index contributed by atoms with van der Waals surface area (Å²) in [4.78, 5) is 30.8. The van der Waals surface area contributed by atoms with Gasteiger partial charge in [-0.1, -0.05) is 42.5 Å². The molecule has 2 aromatic carbocycles. The standard InChI is InChI=1S/C19H15N3O4/c1-12-16(11-17(23)24)18(14-8-5-9-15(10-14)22(25)26)21-19(20-12)13-6-3-2-4-7-13/h2-10H,11H2,1H3,(H,23,24). The van der Waals surface area contributed by atoms with Crippen LogP contribution in [-0.2, 0) is 11.2 Å². The quantitative estimate of drug-likeness (QED) is 0.556. The monoisotopic (exact) mass is 349 g/mol. The predicted molar refractivity (Wildman–Crippen MR) is 95.6 cm³/mol. The van der Waals surface area contributed by atoms with Gasteiger partial charge in [-0.15, -0.1) is 0 Å². The zero-order valence-corrected chi connectivity index (χ0v) is 13.9. The minimum absolute atomic E-state index is 0.0821. The van der Waals surface area contributed by atoms with Gasteiger partial charge in [0.2, 0.25) is 0 Å². The maximum atomic E-state index is 11.3. The second-order valence-electron chi connectivity index (χ2n) is 5.70. The van der Waals surface area contributed by atoms with E-state index in [0.29, 0.717) is 28.3 Å². The van der Waals surface area contributed by atoms with Gasteiger partial charge in [0.15, 0.2) is 5.82 Å². The van der Waals surface area contributed by atoms with Gasteiger partial charge in [0.05, 0.1) is 17.0 Å². The van der Waals surface area contributed by atoms with Crippen molar-refractivity contribution in [3.05, 3.63) is 76.0 Å². The van der Waals surface area contributed by atoms with Crippen molar-refractivity contribution < 1.29 is 14.8 Å². The molecule has 0 atom stereocenters. The molecule has 26 heavy (non-hydrogen) atoms. The van der Waals surface area contributed by atoms with Crippen molar-refractivity contribution in [1.82, 2.24) is 9.97 Å². The highest BCUT2D eigenvalue weighted by Gasteiger charge is 2.18. The molecule has 0 saturated carbocycles. The number of nitro groups is 1. The highest BCUT2D eigenvalue weighted by Crippen LogP contribution is 2.29. The van der Waals surface area contributed by atoms with Crippen LogP contribution in [0.3, 0.4) is 0 Å². The summed E-state index contributed by atoms with van der Waals surface area (Å²) in [6.45, 7) is 1.72. The number of non-ortho nitro benzene ring substituents is 1. The van der Waals surface area contributed by atoms with Gasteiger partial charge in [-0.25, -0.2) is 9.97 Å². The molecule has 0 aliphatic carbocycles. The summed E-state index contributed by atoms with van der Waals surface area (Å²) < 4.78 is 0. The summed E-state index contributed by atoms with van der Waals surface area (Å²) in [5, 5.41) is 20.3. The van der Waals surface area contributed by atoms with E-state index in [-0.39, 0.29) is 12.1 Å². The number of hydrogen-bond donors (Lipinski definition) is 1. The van der Waals surface area contributed by atoms with E-state index in [4.69, 9.17) is 0 Å². The van der Waals surface area contributed by atoms with Crippen LogP contribution in [0.15, 0.2) is 54.6 Å². The van der Waals surface area contributed by atoms with Crippen LogP contribution in [0.2, 0.25) is 0 Å². The van der Waals surface area contributed by atoms with Crippen LogP contribution in [0.5, 0.6) is 0 Å². The highest BCUT2D eigenvalue weighted by atomic mass is 16.6. The number of rotatable bonds is 5. The van der Waals surface area contributed by atoms with Crippen LogP contribution in [0, 0.1) is 17.0 Å². The first kappa shape index (κ1) is 17.2. The van der Waals surface area contributed by atoms with Gasteiger partial charge >= 0.3 is 5.97 Å². The fraction of sp³-hybridized carbons (Fsp3) is 0.105. The van der Waals surface area contributed by atoms with Gasteiger partial charge < -0.3 is 5.11 Å². The van der Waals surface area contributed by atoms with Crippen molar-refractivity contribution in [1.29, 1.82) is 0 Å². The molecule has 0 radical (unpaired) electrons. The van der Waals surface area contributed by atoms with Gasteiger partial charge in [-0.05, 0) is 6.92 Å². The Morgan fingerprint density at radius 2 is 1.77 bits per heavy atom. The zero-order valence-electron chi connectivity index (χ0n) is 13.9. The molecule has 1 heterocycles. The van der Waals surface area contributed by atoms with Crippen molar-refractivity contribution in [3.63, 3.8) is 0 Å². The van der Waals surface area contributed by atoms with Gasteiger partial charge in [-0.3, -0.25) is 14.9 Å². The third-order valence-corrected chi connectivity index (χ3v) is 3.90. The highest BCUT2D eigenvalue weighted by molar-refractivity contribution is 5.77. The summed E-state index contributed by atoms with van der Waals surface area (Å²) in [5.74, 6) is -0.574. The molecule has 1 aromatic heterocycles. The van der Waals surface area contributed by atoms with E-state index in [1.165, 1.54) is 12.1 Å². The average Bonchev–Trinajstić information content (AvgIpc) is 2.63. The van der Waals surface area contributed by atoms with Crippen molar-refractivity contribution in [3.8, 4) is 22.6 Å². The minimum atomic E-state index is -1.02. The molecule has 7 heteroatoms. The number of aryl methyl sites for hydroxylation is 1. The number of nitrogens with zero attached hydrogens (tertiary/aromatic N) is 3. The number of carboxylic acid groups (broad SMARTS) is 1. The van der Waals surface area contributed by atoms with E-state index < -0.39 is 10.9 Å². The van der Waals surface area contributed by atoms with E-state index in [1.807, 2.05) is 30.3 Å². The van der Waals surface area contributed by atoms with Crippen molar-refractivity contribution in [2.45, 2.75) is 13.3 Å². The number of nitro benzene ring substituents is 1. The Balaban J connectivity index is 2.23. The molecule has 0 saturated heterocycles. The summed E-state index contributed by atoms with van der Waals surface area (Å²) >= 11 is 0. The molecule has 0 spiro atoms. The fourth-order valence-electron chi connectivity index (χ4n) is 2.68. The number of benzene rings is 2. The third-order valence-electron chi connectivity index (χ3n) is 3.90. The summed E-state index contributed by atoms with van der Waals surface area (Å²) in [5.41, 5.74) is 2.55. The number of hydrogen-bond acceptors (Lipinski definition) is 5. The lowest BCUT2D eigenvalue weighted by molar-refractivity contribution is -0.384. The molecule has 0 aliphatic heterocycles. The number of carbonyl (C=O) groups is 1. The Bertz CT molecular complexity index is 987. The fourth-order valence-corrected chi connectivity index (χ4v) is 2.68. The van der Waals surface area contributed by atoms with Gasteiger partial charge in [0.25, 0.3) is 5.69 Å². The minimum Gasteiger partial charge on any atom is -0.481 e. The zero-order chi connectivity index (χ0) is 18.7. The summed E-state index contributed by atoms with van der Waals surface area (Å²) in [6.07, 6.45) is -0.265. The Kier molecular flexibility index (Phi) is 4.70. The molecular weight excluding hydrogens is 334 g/mol. The van der Waals surface area contributed by atoms with E-state index in [0.717, 1.165) is 5.56 Å². The second-order valence-corrected chi connectivity index (χ2v) is 5.70. The Labute approximate surface area is 149 Å². The van der Waals surface area contributed by atoms with Crippen LogP contribution in [-0.4, -0.2) is 26.0 Å². The first-order valence-corrected chi connectivity index (χ1v) is 7.85. The van der Waals surface area contributed by atoms with Crippen LogP contribution in [0.25, 0.3) is 22.6 Å². The molecule has 3 aromatic rings. The second kappa shape index (κ2) is 7.10. The molecule has 1 N–H and O–H groups in total. The lowest BCUT2D eigenvalue weighted by Gasteiger charge is -2.12. The number of aromatic nitrogens is 2. The normalized spacial score (nSPS) is 10.5. The summed E-state index contributed by atoms with van der Waals surface area (Å²) in [6, 6.07) is 15.3. The number of carboxylic acids is 1. The van der Waals surface area contributed by atoms with Gasteiger partial charge in [-0.2, -0.15) is 0 Å². The molecule has 0 aliphatic rings. The Morgan fingerprint density at radius 1 is 1.08 bits per heavy atom. The van der Waals surface area contributed by atoms with E-state index in [2.05, 4.69) is 9.97 Å². The van der Waals surface area contributed by atoms with Crippen LogP contribution in [0.4, 0.5) is 5.69 Å². The largest absolute Gasteiger partial charge is 0.481 e. The van der Waals surface area contributed by atoms with Crippen LogP contribution >= 0.6 is 0 Å². The van der Waals surface area contributed by atoms with Crippen molar-refractivity contribution in [2.75, 3.05) is 0 Å². The molecule has 0 bridgehead atoms. The molecule has 0 unspecified atom stereocenters. The molecule has 0 fully saturated rings. The molecule has 0 amide bonds. The van der Waals surface area contributed by atoms with E-state index in [1.54, 1.807) is 19.1 Å². The van der Waals surface area contributed by atoms with Gasteiger partial charge in [0.1, 0.15) is 0 Å². The smallest absolute Gasteiger partial charge is 0.307 e. The first-order chi connectivity index (χ1) is 12.5. The average molecular weight is 349 g/mol. The van der Waals surface area contributed by atoms with E-state index in [9.17, 15) is 20.0 Å². The predicted octanol–water partition coefficient (Wildman–Crippen LogP) is 3.65. The molecule has 130 valence electrons. The van der Waals surface area contributed by atoms with Crippen LogP contribution in [0.1, 0.15) is 11.3 Å². The maximum Gasteiger partial charge on any atom is 0.307 e. The third kappa shape index (κ3) is 3.56. The Hall–Kier alpha value is -3.61. The summed E-state index contributed by atoms with van der Waals surface area (Å²) in [7, 11) is 0. The van der Waals surface area contributed by atoms with E-state index >= 15 is 0 Å².